The lowest BCUT2D eigenvalue weighted by molar-refractivity contribution is 0.287. The molecular formula is C8H19NOS. The molecule has 0 unspecified atom stereocenters. The maximum absolute atomic E-state index is 8.49. The number of thioether (sulfide) groups is 1. The van der Waals surface area contributed by atoms with Crippen molar-refractivity contribution in [2.75, 3.05) is 18.1 Å². The van der Waals surface area contributed by atoms with Gasteiger partial charge in [-0.3, -0.25) is 0 Å². The Labute approximate surface area is 73.6 Å². The maximum atomic E-state index is 8.49. The Balaban J connectivity index is 3.02. The van der Waals surface area contributed by atoms with E-state index in [0.29, 0.717) is 6.61 Å². The first-order chi connectivity index (χ1) is 5.06. The SMILES string of the molecule is CC(C)(N)CSCCCCO. The normalized spacial score (nSPS) is 12.0. The highest BCUT2D eigenvalue weighted by Gasteiger charge is 2.09. The van der Waals surface area contributed by atoms with Gasteiger partial charge < -0.3 is 10.8 Å². The molecule has 0 spiro atoms. The number of hydrogen-bond acceptors (Lipinski definition) is 3. The van der Waals surface area contributed by atoms with Crippen LogP contribution in [0.2, 0.25) is 0 Å². The first-order valence-corrected chi connectivity index (χ1v) is 5.19. The highest BCUT2D eigenvalue weighted by molar-refractivity contribution is 7.99. The highest BCUT2D eigenvalue weighted by Crippen LogP contribution is 2.11. The fourth-order valence-corrected chi connectivity index (χ4v) is 1.73. The predicted octanol–water partition coefficient (Wildman–Crippen LogP) is 1.23. The van der Waals surface area contributed by atoms with Crippen molar-refractivity contribution in [2.24, 2.45) is 5.73 Å². The van der Waals surface area contributed by atoms with Crippen LogP contribution in [-0.4, -0.2) is 28.8 Å². The van der Waals surface area contributed by atoms with Crippen LogP contribution in [0.15, 0.2) is 0 Å². The summed E-state index contributed by atoms with van der Waals surface area (Å²) in [6, 6.07) is 0. The molecule has 0 bridgehead atoms. The molecule has 0 rings (SSSR count). The van der Waals surface area contributed by atoms with Crippen LogP contribution in [0.25, 0.3) is 0 Å². The Kier molecular flexibility index (Phi) is 6.01. The zero-order chi connectivity index (χ0) is 8.74. The molecule has 0 amide bonds. The molecule has 0 aliphatic carbocycles. The van der Waals surface area contributed by atoms with E-state index in [2.05, 4.69) is 0 Å². The zero-order valence-corrected chi connectivity index (χ0v) is 8.28. The molecule has 0 aliphatic rings. The van der Waals surface area contributed by atoms with Crippen LogP contribution in [0, 0.1) is 0 Å². The van der Waals surface area contributed by atoms with Gasteiger partial charge in [-0.1, -0.05) is 0 Å². The smallest absolute Gasteiger partial charge is 0.0431 e. The highest BCUT2D eigenvalue weighted by atomic mass is 32.2. The summed E-state index contributed by atoms with van der Waals surface area (Å²) in [5, 5.41) is 8.49. The molecule has 68 valence electrons. The minimum Gasteiger partial charge on any atom is -0.396 e. The summed E-state index contributed by atoms with van der Waals surface area (Å²) >= 11 is 1.86. The van der Waals surface area contributed by atoms with Crippen LogP contribution in [0.1, 0.15) is 26.7 Å². The van der Waals surface area contributed by atoms with Gasteiger partial charge in [0.1, 0.15) is 0 Å². The summed E-state index contributed by atoms with van der Waals surface area (Å²) < 4.78 is 0. The minimum absolute atomic E-state index is 0.0517. The lowest BCUT2D eigenvalue weighted by atomic mass is 10.1. The van der Waals surface area contributed by atoms with Crippen LogP contribution in [0.3, 0.4) is 0 Å². The summed E-state index contributed by atoms with van der Waals surface area (Å²) in [5.74, 6) is 2.11. The molecule has 0 saturated carbocycles. The van der Waals surface area contributed by atoms with Gasteiger partial charge in [0, 0.05) is 17.9 Å². The minimum atomic E-state index is -0.0517. The average Bonchev–Trinajstić information content (AvgIpc) is 1.85. The van der Waals surface area contributed by atoms with E-state index in [4.69, 9.17) is 10.8 Å². The number of aliphatic hydroxyl groups is 1. The van der Waals surface area contributed by atoms with Gasteiger partial charge in [-0.25, -0.2) is 0 Å². The van der Waals surface area contributed by atoms with E-state index in [0.717, 1.165) is 24.3 Å². The van der Waals surface area contributed by atoms with Gasteiger partial charge in [0.05, 0.1) is 0 Å². The van der Waals surface area contributed by atoms with E-state index in [1.54, 1.807) is 0 Å². The van der Waals surface area contributed by atoms with Gasteiger partial charge in [0.25, 0.3) is 0 Å². The summed E-state index contributed by atoms with van der Waals surface area (Å²) in [6.45, 7) is 4.38. The van der Waals surface area contributed by atoms with Gasteiger partial charge >= 0.3 is 0 Å². The molecule has 0 fully saturated rings. The first-order valence-electron chi connectivity index (χ1n) is 4.04. The third-order valence-electron chi connectivity index (χ3n) is 1.17. The van der Waals surface area contributed by atoms with Crippen LogP contribution < -0.4 is 5.73 Å². The zero-order valence-electron chi connectivity index (χ0n) is 7.47. The van der Waals surface area contributed by atoms with Crippen LogP contribution in [-0.2, 0) is 0 Å². The van der Waals surface area contributed by atoms with E-state index in [9.17, 15) is 0 Å². The number of rotatable bonds is 6. The molecule has 0 atom stereocenters. The molecular weight excluding hydrogens is 158 g/mol. The molecule has 0 aromatic heterocycles. The Morgan fingerprint density at radius 1 is 1.36 bits per heavy atom. The fourth-order valence-electron chi connectivity index (χ4n) is 0.651. The molecule has 3 N–H and O–H groups in total. The molecule has 0 saturated heterocycles. The van der Waals surface area contributed by atoms with Crippen molar-refractivity contribution >= 4 is 11.8 Å². The van der Waals surface area contributed by atoms with Crippen molar-refractivity contribution in [2.45, 2.75) is 32.2 Å². The number of unbranched alkanes of at least 4 members (excludes halogenated alkanes) is 1. The third-order valence-corrected chi connectivity index (χ3v) is 2.70. The lowest BCUT2D eigenvalue weighted by Gasteiger charge is -2.17. The molecule has 11 heavy (non-hydrogen) atoms. The molecule has 2 nitrogen and oxygen atoms in total. The number of aliphatic hydroxyl groups excluding tert-OH is 1. The Bertz CT molecular complexity index is 90.6. The monoisotopic (exact) mass is 177 g/mol. The standard InChI is InChI=1S/C8H19NOS/c1-8(2,9)7-11-6-4-3-5-10/h10H,3-7,9H2,1-2H3. The van der Waals surface area contributed by atoms with E-state index < -0.39 is 0 Å². The van der Waals surface area contributed by atoms with E-state index in [1.165, 1.54) is 0 Å². The molecule has 3 heteroatoms. The van der Waals surface area contributed by atoms with Gasteiger partial charge in [0.15, 0.2) is 0 Å². The average molecular weight is 177 g/mol. The first kappa shape index (κ1) is 11.3. The second-order valence-electron chi connectivity index (χ2n) is 3.47. The van der Waals surface area contributed by atoms with Crippen LogP contribution >= 0.6 is 11.8 Å². The molecule has 0 aromatic carbocycles. The molecule has 0 radical (unpaired) electrons. The van der Waals surface area contributed by atoms with Crippen molar-refractivity contribution in [3.8, 4) is 0 Å². The fraction of sp³-hybridized carbons (Fsp3) is 1.00. The van der Waals surface area contributed by atoms with Crippen LogP contribution in [0.5, 0.6) is 0 Å². The van der Waals surface area contributed by atoms with Crippen molar-refractivity contribution in [1.29, 1.82) is 0 Å². The van der Waals surface area contributed by atoms with Crippen molar-refractivity contribution in [1.82, 2.24) is 0 Å². The molecule has 0 heterocycles. The van der Waals surface area contributed by atoms with Gasteiger partial charge in [-0.05, 0) is 32.4 Å². The quantitative estimate of drug-likeness (QED) is 0.600. The number of nitrogens with two attached hydrogens (primary N) is 1. The number of hydrogen-bond donors (Lipinski definition) is 2. The second-order valence-corrected chi connectivity index (χ2v) is 4.58. The van der Waals surface area contributed by atoms with E-state index >= 15 is 0 Å². The molecule has 0 aromatic rings. The third kappa shape index (κ3) is 10.3. The predicted molar refractivity (Wildman–Crippen MR) is 51.9 cm³/mol. The van der Waals surface area contributed by atoms with Crippen LogP contribution in [0.4, 0.5) is 0 Å². The second kappa shape index (κ2) is 5.86. The van der Waals surface area contributed by atoms with Gasteiger partial charge in [-0.15, -0.1) is 0 Å². The van der Waals surface area contributed by atoms with E-state index in [-0.39, 0.29) is 5.54 Å². The lowest BCUT2D eigenvalue weighted by Crippen LogP contribution is -2.34. The Morgan fingerprint density at radius 2 is 2.00 bits per heavy atom. The van der Waals surface area contributed by atoms with Gasteiger partial charge in [0.2, 0.25) is 0 Å². The largest absolute Gasteiger partial charge is 0.396 e. The Morgan fingerprint density at radius 3 is 2.45 bits per heavy atom. The summed E-state index contributed by atoms with van der Waals surface area (Å²) in [6.07, 6.45) is 2.01. The topological polar surface area (TPSA) is 46.2 Å². The Hall–Kier alpha value is 0.270. The van der Waals surface area contributed by atoms with E-state index in [1.807, 2.05) is 25.6 Å². The molecule has 0 aliphatic heterocycles. The summed E-state index contributed by atoms with van der Waals surface area (Å²) in [4.78, 5) is 0. The maximum Gasteiger partial charge on any atom is 0.0431 e. The van der Waals surface area contributed by atoms with Gasteiger partial charge in [-0.2, -0.15) is 11.8 Å². The van der Waals surface area contributed by atoms with Crippen molar-refractivity contribution in [3.63, 3.8) is 0 Å². The summed E-state index contributed by atoms with van der Waals surface area (Å²) in [7, 11) is 0. The van der Waals surface area contributed by atoms with Crippen molar-refractivity contribution < 1.29 is 5.11 Å². The van der Waals surface area contributed by atoms with Crippen molar-refractivity contribution in [3.05, 3.63) is 0 Å². The summed E-state index contributed by atoms with van der Waals surface area (Å²) in [5.41, 5.74) is 5.73.